The molecule has 0 atom stereocenters. The van der Waals surface area contributed by atoms with Crippen LogP contribution in [0.5, 0.6) is 5.75 Å². The van der Waals surface area contributed by atoms with Crippen molar-refractivity contribution in [3.63, 3.8) is 0 Å². The lowest BCUT2D eigenvalue weighted by Gasteiger charge is -2.07. The average Bonchev–Trinajstić information content (AvgIpc) is 2.30. The maximum Gasteiger partial charge on any atom is 0.115 e. The number of aromatic hydroxyl groups is 1. The first kappa shape index (κ1) is 9.55. The normalized spacial score (nSPS) is 9.93. The van der Waals surface area contributed by atoms with Crippen LogP contribution in [0, 0.1) is 0 Å². The van der Waals surface area contributed by atoms with Crippen LogP contribution < -0.4 is 5.48 Å². The maximum absolute atomic E-state index is 9.17. The van der Waals surface area contributed by atoms with Gasteiger partial charge in [0.25, 0.3) is 0 Å². The lowest BCUT2D eigenvalue weighted by atomic mass is 10.0. The first-order chi connectivity index (χ1) is 7.31. The number of nitrogens with one attached hydrogen (secondary N) is 1. The number of rotatable bonds is 2. The molecule has 0 aliphatic heterocycles. The Morgan fingerprint density at radius 3 is 2.20 bits per heavy atom. The topological polar surface area (TPSA) is 52.5 Å². The third-order valence-corrected chi connectivity index (χ3v) is 2.23. The maximum atomic E-state index is 9.17. The van der Waals surface area contributed by atoms with Gasteiger partial charge in [-0.3, -0.25) is 10.7 Å². The van der Waals surface area contributed by atoms with Gasteiger partial charge in [0.05, 0.1) is 5.69 Å². The molecule has 2 aromatic carbocycles. The summed E-state index contributed by atoms with van der Waals surface area (Å²) in [4.78, 5) is 0. The lowest BCUT2D eigenvalue weighted by Crippen LogP contribution is -1.91. The van der Waals surface area contributed by atoms with Crippen LogP contribution in [-0.4, -0.2) is 10.3 Å². The third-order valence-electron chi connectivity index (χ3n) is 2.23. The molecule has 0 saturated carbocycles. The molecule has 0 aromatic heterocycles. The van der Waals surface area contributed by atoms with E-state index in [1.807, 2.05) is 18.2 Å². The first-order valence-corrected chi connectivity index (χ1v) is 4.60. The predicted molar refractivity (Wildman–Crippen MR) is 59.0 cm³/mol. The molecule has 3 N–H and O–H groups in total. The zero-order valence-electron chi connectivity index (χ0n) is 8.01. The molecule has 0 radical (unpaired) electrons. The minimum atomic E-state index is 0.230. The smallest absolute Gasteiger partial charge is 0.115 e. The zero-order valence-corrected chi connectivity index (χ0v) is 8.01. The summed E-state index contributed by atoms with van der Waals surface area (Å²) in [5.74, 6) is 0.230. The van der Waals surface area contributed by atoms with Gasteiger partial charge < -0.3 is 5.11 Å². The van der Waals surface area contributed by atoms with E-state index in [9.17, 15) is 0 Å². The average molecular weight is 201 g/mol. The van der Waals surface area contributed by atoms with Gasteiger partial charge in [0.2, 0.25) is 0 Å². The molecule has 0 heterocycles. The fourth-order valence-electron chi connectivity index (χ4n) is 1.47. The summed E-state index contributed by atoms with van der Waals surface area (Å²) in [5.41, 5.74) is 4.61. The summed E-state index contributed by atoms with van der Waals surface area (Å²) in [6, 6.07) is 14.2. The van der Waals surface area contributed by atoms with Crippen molar-refractivity contribution in [2.24, 2.45) is 0 Å². The lowest BCUT2D eigenvalue weighted by molar-refractivity contribution is 0.389. The number of para-hydroxylation sites is 1. The Labute approximate surface area is 87.6 Å². The van der Waals surface area contributed by atoms with Gasteiger partial charge in [-0.1, -0.05) is 30.3 Å². The van der Waals surface area contributed by atoms with Crippen LogP contribution in [0.15, 0.2) is 48.5 Å². The van der Waals surface area contributed by atoms with E-state index in [0.717, 1.165) is 11.1 Å². The van der Waals surface area contributed by atoms with E-state index in [4.69, 9.17) is 10.3 Å². The van der Waals surface area contributed by atoms with E-state index in [0.29, 0.717) is 5.69 Å². The molecule has 0 bridgehead atoms. The van der Waals surface area contributed by atoms with Crippen molar-refractivity contribution in [3.05, 3.63) is 48.5 Å². The minimum Gasteiger partial charge on any atom is -0.508 e. The molecule has 0 amide bonds. The Morgan fingerprint density at radius 2 is 1.53 bits per heavy atom. The molecule has 0 fully saturated rings. The fourth-order valence-corrected chi connectivity index (χ4v) is 1.47. The monoisotopic (exact) mass is 201 g/mol. The largest absolute Gasteiger partial charge is 0.508 e. The first-order valence-electron chi connectivity index (χ1n) is 4.60. The molecule has 3 heteroatoms. The summed E-state index contributed by atoms with van der Waals surface area (Å²) in [5, 5.41) is 18.1. The summed E-state index contributed by atoms with van der Waals surface area (Å²) in [6.07, 6.45) is 0. The van der Waals surface area contributed by atoms with E-state index in [2.05, 4.69) is 5.48 Å². The number of hydrogen-bond donors (Lipinski definition) is 3. The van der Waals surface area contributed by atoms with E-state index in [1.54, 1.807) is 30.3 Å². The van der Waals surface area contributed by atoms with E-state index in [1.165, 1.54) is 0 Å². The van der Waals surface area contributed by atoms with Gasteiger partial charge in [0.1, 0.15) is 5.75 Å². The SMILES string of the molecule is ONc1ccccc1-c1ccc(O)cc1. The van der Waals surface area contributed by atoms with Crippen LogP contribution in [0.3, 0.4) is 0 Å². The van der Waals surface area contributed by atoms with Crippen LogP contribution in [0.1, 0.15) is 0 Å². The highest BCUT2D eigenvalue weighted by Gasteiger charge is 2.02. The van der Waals surface area contributed by atoms with Crippen molar-refractivity contribution >= 4 is 5.69 Å². The molecule has 0 aliphatic carbocycles. The Morgan fingerprint density at radius 1 is 0.867 bits per heavy atom. The molecular weight excluding hydrogens is 190 g/mol. The number of benzene rings is 2. The van der Waals surface area contributed by atoms with Crippen molar-refractivity contribution in [2.45, 2.75) is 0 Å². The van der Waals surface area contributed by atoms with Crippen molar-refractivity contribution < 1.29 is 10.3 Å². The van der Waals surface area contributed by atoms with E-state index in [-0.39, 0.29) is 5.75 Å². The molecular formula is C12H11NO2. The minimum absolute atomic E-state index is 0.230. The quantitative estimate of drug-likeness (QED) is 0.655. The van der Waals surface area contributed by atoms with Crippen LogP contribution >= 0.6 is 0 Å². The highest BCUT2D eigenvalue weighted by molar-refractivity contribution is 5.77. The Kier molecular flexibility index (Phi) is 2.56. The van der Waals surface area contributed by atoms with Crippen LogP contribution in [0.25, 0.3) is 11.1 Å². The van der Waals surface area contributed by atoms with Gasteiger partial charge in [0, 0.05) is 5.56 Å². The third kappa shape index (κ3) is 1.92. The van der Waals surface area contributed by atoms with Crippen LogP contribution in [0.2, 0.25) is 0 Å². The van der Waals surface area contributed by atoms with Gasteiger partial charge in [0.15, 0.2) is 0 Å². The van der Waals surface area contributed by atoms with Gasteiger partial charge in [-0.2, -0.15) is 0 Å². The highest BCUT2D eigenvalue weighted by Crippen LogP contribution is 2.28. The van der Waals surface area contributed by atoms with E-state index < -0.39 is 0 Å². The summed E-state index contributed by atoms with van der Waals surface area (Å²) >= 11 is 0. The molecule has 0 saturated heterocycles. The van der Waals surface area contributed by atoms with Crippen molar-refractivity contribution in [1.82, 2.24) is 0 Å². The molecule has 0 spiro atoms. The molecule has 2 rings (SSSR count). The Bertz CT molecular complexity index is 451. The Hall–Kier alpha value is -2.00. The number of hydrogen-bond acceptors (Lipinski definition) is 3. The van der Waals surface area contributed by atoms with Crippen molar-refractivity contribution in [1.29, 1.82) is 0 Å². The molecule has 3 nitrogen and oxygen atoms in total. The summed E-state index contributed by atoms with van der Waals surface area (Å²) in [6.45, 7) is 0. The molecule has 0 unspecified atom stereocenters. The Balaban J connectivity index is 2.49. The van der Waals surface area contributed by atoms with Gasteiger partial charge >= 0.3 is 0 Å². The van der Waals surface area contributed by atoms with Crippen molar-refractivity contribution in [2.75, 3.05) is 5.48 Å². The molecule has 2 aromatic rings. The standard InChI is InChI=1S/C12H11NO2/c14-10-7-5-9(6-8-10)11-3-1-2-4-12(11)13-15/h1-8,13-15H. The second-order valence-electron chi connectivity index (χ2n) is 3.20. The van der Waals surface area contributed by atoms with Crippen molar-refractivity contribution in [3.8, 4) is 16.9 Å². The number of anilines is 1. The molecule has 15 heavy (non-hydrogen) atoms. The van der Waals surface area contributed by atoms with Gasteiger partial charge in [-0.05, 0) is 23.8 Å². The van der Waals surface area contributed by atoms with Crippen LogP contribution in [0.4, 0.5) is 5.69 Å². The number of phenolic OH excluding ortho intramolecular Hbond substituents is 1. The second kappa shape index (κ2) is 4.02. The van der Waals surface area contributed by atoms with E-state index >= 15 is 0 Å². The number of phenols is 1. The summed E-state index contributed by atoms with van der Waals surface area (Å²) < 4.78 is 0. The van der Waals surface area contributed by atoms with Crippen LogP contribution in [-0.2, 0) is 0 Å². The molecule has 0 aliphatic rings. The molecule has 76 valence electrons. The summed E-state index contributed by atoms with van der Waals surface area (Å²) in [7, 11) is 0. The second-order valence-corrected chi connectivity index (χ2v) is 3.20. The fraction of sp³-hybridized carbons (Fsp3) is 0. The predicted octanol–water partition coefficient (Wildman–Crippen LogP) is 2.86. The highest BCUT2D eigenvalue weighted by atomic mass is 16.5. The van der Waals surface area contributed by atoms with Gasteiger partial charge in [-0.15, -0.1) is 0 Å². The zero-order chi connectivity index (χ0) is 10.7. The van der Waals surface area contributed by atoms with Gasteiger partial charge in [-0.25, -0.2) is 0 Å².